The van der Waals surface area contributed by atoms with E-state index in [0.29, 0.717) is 43.0 Å². The highest BCUT2D eigenvalue weighted by atomic mass is 32.2. The maximum absolute atomic E-state index is 11.5. The summed E-state index contributed by atoms with van der Waals surface area (Å²) in [7, 11) is 0. The molecule has 32 heavy (non-hydrogen) atoms. The zero-order chi connectivity index (χ0) is 22.7. The van der Waals surface area contributed by atoms with Gasteiger partial charge in [0.25, 0.3) is 5.69 Å². The summed E-state index contributed by atoms with van der Waals surface area (Å²) in [5.41, 5.74) is 7.69. The number of ether oxygens (including phenoxy) is 1. The van der Waals surface area contributed by atoms with E-state index in [1.807, 2.05) is 35.8 Å². The first-order valence-electron chi connectivity index (χ1n) is 9.99. The number of aromatic nitrogens is 3. The molecule has 1 aliphatic rings. The number of nitro groups is 1. The number of nitrogens with zero attached hydrogens (tertiary/aromatic N) is 5. The lowest BCUT2D eigenvalue weighted by Crippen LogP contribution is -2.38. The van der Waals surface area contributed by atoms with Crippen molar-refractivity contribution in [3.63, 3.8) is 0 Å². The van der Waals surface area contributed by atoms with Crippen LogP contribution in [-0.4, -0.2) is 51.9 Å². The minimum absolute atomic E-state index is 0.100. The minimum atomic E-state index is -0.707. The number of nitro benzene ring substituents is 1. The number of hydrogen-bond acceptors (Lipinski definition) is 8. The largest absolute Gasteiger partial charge is 0.378 e. The summed E-state index contributed by atoms with van der Waals surface area (Å²) in [5.74, 6) is 0.285. The van der Waals surface area contributed by atoms with Gasteiger partial charge >= 0.3 is 0 Å². The summed E-state index contributed by atoms with van der Waals surface area (Å²) in [5, 5.41) is 21.0. The van der Waals surface area contributed by atoms with Crippen molar-refractivity contribution >= 4 is 29.3 Å². The smallest absolute Gasteiger partial charge is 0.274 e. The maximum atomic E-state index is 11.5. The topological polar surface area (TPSA) is 129 Å². The van der Waals surface area contributed by atoms with Crippen molar-refractivity contribution in [3.8, 4) is 5.69 Å². The molecule has 0 spiro atoms. The SMILES string of the molecule is Cc1ccccc1-n1c(SCc2ccc(C(N)=O)cc2[N+](=O)[O-])nnc1N1CCOCC1. The van der Waals surface area contributed by atoms with E-state index in [1.54, 1.807) is 6.07 Å². The van der Waals surface area contributed by atoms with Crippen LogP contribution in [0.3, 0.4) is 0 Å². The number of benzene rings is 2. The molecule has 2 aromatic carbocycles. The van der Waals surface area contributed by atoms with E-state index < -0.39 is 10.8 Å². The molecule has 0 aliphatic carbocycles. The second kappa shape index (κ2) is 9.37. The average Bonchev–Trinajstić information content (AvgIpc) is 3.22. The molecule has 1 fully saturated rings. The average molecular weight is 455 g/mol. The Bertz CT molecular complexity index is 1160. The summed E-state index contributed by atoms with van der Waals surface area (Å²) < 4.78 is 7.44. The van der Waals surface area contributed by atoms with Gasteiger partial charge in [0, 0.05) is 36.0 Å². The fraction of sp³-hybridized carbons (Fsp3) is 0.286. The van der Waals surface area contributed by atoms with Gasteiger partial charge in [-0.25, -0.2) is 0 Å². The quantitative estimate of drug-likeness (QED) is 0.328. The third kappa shape index (κ3) is 4.43. The number of hydrogen-bond donors (Lipinski definition) is 1. The van der Waals surface area contributed by atoms with Gasteiger partial charge in [0.15, 0.2) is 5.16 Å². The monoisotopic (exact) mass is 454 g/mol. The minimum Gasteiger partial charge on any atom is -0.378 e. The van der Waals surface area contributed by atoms with Gasteiger partial charge in [-0.1, -0.05) is 36.0 Å². The first kappa shape index (κ1) is 21.8. The van der Waals surface area contributed by atoms with Gasteiger partial charge in [0.05, 0.1) is 23.8 Å². The third-order valence-electron chi connectivity index (χ3n) is 5.19. The van der Waals surface area contributed by atoms with E-state index in [2.05, 4.69) is 15.1 Å². The highest BCUT2D eigenvalue weighted by Crippen LogP contribution is 2.32. The number of amides is 1. The maximum Gasteiger partial charge on any atom is 0.274 e. The number of carbonyl (C=O) groups is 1. The molecule has 2 heterocycles. The number of para-hydroxylation sites is 1. The lowest BCUT2D eigenvalue weighted by molar-refractivity contribution is -0.385. The number of primary amides is 1. The van der Waals surface area contributed by atoms with Crippen LogP contribution in [0.4, 0.5) is 11.6 Å². The molecule has 2 N–H and O–H groups in total. The number of morpholine rings is 1. The highest BCUT2D eigenvalue weighted by molar-refractivity contribution is 7.98. The Balaban J connectivity index is 1.69. The number of nitrogens with two attached hydrogens (primary N) is 1. The molecule has 0 bridgehead atoms. The Hall–Kier alpha value is -3.44. The van der Waals surface area contributed by atoms with E-state index in [9.17, 15) is 14.9 Å². The van der Waals surface area contributed by atoms with Gasteiger partial charge in [-0.2, -0.15) is 0 Å². The molecular weight excluding hydrogens is 432 g/mol. The number of rotatable bonds is 7. The molecule has 0 radical (unpaired) electrons. The molecule has 11 heteroatoms. The van der Waals surface area contributed by atoms with Crippen molar-refractivity contribution in [1.29, 1.82) is 0 Å². The molecule has 10 nitrogen and oxygen atoms in total. The van der Waals surface area contributed by atoms with Crippen LogP contribution < -0.4 is 10.6 Å². The fourth-order valence-corrected chi connectivity index (χ4v) is 4.44. The van der Waals surface area contributed by atoms with E-state index in [1.165, 1.54) is 23.9 Å². The molecule has 1 amide bonds. The molecule has 0 unspecified atom stereocenters. The molecule has 0 atom stereocenters. The Morgan fingerprint density at radius 1 is 1.22 bits per heavy atom. The molecule has 1 saturated heterocycles. The van der Waals surface area contributed by atoms with Crippen molar-refractivity contribution in [3.05, 3.63) is 69.3 Å². The van der Waals surface area contributed by atoms with Crippen molar-refractivity contribution < 1.29 is 14.5 Å². The van der Waals surface area contributed by atoms with Gasteiger partial charge in [-0.05, 0) is 24.6 Å². The number of anilines is 1. The van der Waals surface area contributed by atoms with Crippen LogP contribution in [0.1, 0.15) is 21.5 Å². The molecule has 3 aromatic rings. The zero-order valence-electron chi connectivity index (χ0n) is 17.4. The highest BCUT2D eigenvalue weighted by Gasteiger charge is 2.24. The van der Waals surface area contributed by atoms with Gasteiger partial charge < -0.3 is 15.4 Å². The van der Waals surface area contributed by atoms with E-state index in [0.717, 1.165) is 11.3 Å². The van der Waals surface area contributed by atoms with Crippen LogP contribution >= 0.6 is 11.8 Å². The third-order valence-corrected chi connectivity index (χ3v) is 6.17. The molecule has 4 rings (SSSR count). The predicted octanol–water partition coefficient (Wildman–Crippen LogP) is 2.71. The van der Waals surface area contributed by atoms with Gasteiger partial charge in [-0.3, -0.25) is 19.5 Å². The van der Waals surface area contributed by atoms with Gasteiger partial charge in [0.1, 0.15) is 0 Å². The van der Waals surface area contributed by atoms with Gasteiger partial charge in [-0.15, -0.1) is 10.2 Å². The van der Waals surface area contributed by atoms with Crippen molar-refractivity contribution in [2.24, 2.45) is 5.73 Å². The Morgan fingerprint density at radius 3 is 2.66 bits per heavy atom. The fourth-order valence-electron chi connectivity index (χ4n) is 3.50. The standard InChI is InChI=1S/C21H22N6O4S/c1-14-4-2-3-5-17(14)26-20(25-8-10-31-11-9-25)23-24-21(26)32-13-16-7-6-15(19(22)28)12-18(16)27(29)30/h2-7,12H,8-11,13H2,1H3,(H2,22,28). The number of thioether (sulfide) groups is 1. The van der Waals surface area contributed by atoms with E-state index >= 15 is 0 Å². The van der Waals surface area contributed by atoms with E-state index in [4.69, 9.17) is 10.5 Å². The van der Waals surface area contributed by atoms with Gasteiger partial charge in [0.2, 0.25) is 11.9 Å². The van der Waals surface area contributed by atoms with Crippen LogP contribution in [0.5, 0.6) is 0 Å². The molecule has 0 saturated carbocycles. The second-order valence-corrected chi connectivity index (χ2v) is 8.20. The van der Waals surface area contributed by atoms with Crippen LogP contribution in [0.25, 0.3) is 5.69 Å². The van der Waals surface area contributed by atoms with E-state index in [-0.39, 0.29) is 17.0 Å². The number of carbonyl (C=O) groups excluding carboxylic acids is 1. The van der Waals surface area contributed by atoms with Crippen molar-refractivity contribution in [1.82, 2.24) is 14.8 Å². The summed E-state index contributed by atoms with van der Waals surface area (Å²) in [6.45, 7) is 4.65. The van der Waals surface area contributed by atoms with Crippen LogP contribution in [0.2, 0.25) is 0 Å². The van der Waals surface area contributed by atoms with Crippen molar-refractivity contribution in [2.45, 2.75) is 17.8 Å². The Labute approximate surface area is 188 Å². The molecular formula is C21H22N6O4S. The summed E-state index contributed by atoms with van der Waals surface area (Å²) in [6.07, 6.45) is 0. The normalized spacial score (nSPS) is 13.8. The number of aryl methyl sites for hydroxylation is 1. The molecule has 1 aromatic heterocycles. The Morgan fingerprint density at radius 2 is 1.97 bits per heavy atom. The molecule has 166 valence electrons. The molecule has 1 aliphatic heterocycles. The zero-order valence-corrected chi connectivity index (χ0v) is 18.2. The summed E-state index contributed by atoms with van der Waals surface area (Å²) in [4.78, 5) is 24.6. The Kier molecular flexibility index (Phi) is 6.37. The summed E-state index contributed by atoms with van der Waals surface area (Å²) >= 11 is 1.35. The van der Waals surface area contributed by atoms with Crippen LogP contribution in [-0.2, 0) is 10.5 Å². The predicted molar refractivity (Wildman–Crippen MR) is 120 cm³/mol. The summed E-state index contributed by atoms with van der Waals surface area (Å²) in [6, 6.07) is 12.2. The van der Waals surface area contributed by atoms with Crippen LogP contribution in [0, 0.1) is 17.0 Å². The van der Waals surface area contributed by atoms with Crippen molar-refractivity contribution in [2.75, 3.05) is 31.2 Å². The lowest BCUT2D eigenvalue weighted by atomic mass is 10.1. The van der Waals surface area contributed by atoms with Crippen LogP contribution in [0.15, 0.2) is 47.6 Å². The second-order valence-electron chi connectivity index (χ2n) is 7.26. The lowest BCUT2D eigenvalue weighted by Gasteiger charge is -2.28. The first-order valence-corrected chi connectivity index (χ1v) is 11.0. The first-order chi connectivity index (χ1) is 15.5.